The van der Waals surface area contributed by atoms with Gasteiger partial charge in [-0.1, -0.05) is 102 Å². The summed E-state index contributed by atoms with van der Waals surface area (Å²) in [6, 6.07) is 17.3. The number of primary amides is 1. The molecule has 30 heteroatoms. The van der Waals surface area contributed by atoms with Crippen molar-refractivity contribution in [3.8, 4) is 0 Å². The van der Waals surface area contributed by atoms with Gasteiger partial charge in [0.05, 0.1) is 35.6 Å². The normalized spacial score (nSPS) is 24.2. The van der Waals surface area contributed by atoms with Gasteiger partial charge in [0.1, 0.15) is 54.0 Å². The highest BCUT2D eigenvalue weighted by molar-refractivity contribution is 5.99. The highest BCUT2D eigenvalue weighted by atomic mass is 16.6. The first-order valence-electron chi connectivity index (χ1n) is 34.7. The molecule has 3 aromatic rings. The summed E-state index contributed by atoms with van der Waals surface area (Å²) in [6.07, 6.45) is -14.8. The molecule has 0 radical (unpaired) electrons. The molecule has 0 spiro atoms. The number of urea groups is 1. The molecule has 104 heavy (non-hydrogen) atoms. The number of amides is 8. The number of alkyl carbamates (subject to hydrolysis) is 1. The van der Waals surface area contributed by atoms with E-state index in [2.05, 4.69) is 26.6 Å². The van der Waals surface area contributed by atoms with Gasteiger partial charge in [0.15, 0.2) is 23.6 Å². The number of nitrogens with one attached hydrogen (secondary N) is 5. The Morgan fingerprint density at radius 2 is 1.40 bits per heavy atom. The second-order valence-electron chi connectivity index (χ2n) is 29.4. The van der Waals surface area contributed by atoms with Gasteiger partial charge in [-0.05, 0) is 99.9 Å². The van der Waals surface area contributed by atoms with E-state index in [1.165, 1.54) is 78.2 Å². The third kappa shape index (κ3) is 18.9. The van der Waals surface area contributed by atoms with E-state index in [4.69, 9.17) is 38.9 Å². The molecule has 10 N–H and O–H groups in total. The van der Waals surface area contributed by atoms with Gasteiger partial charge in [-0.2, -0.15) is 0 Å². The maximum Gasteiger partial charge on any atom is 0.410 e. The smallest absolute Gasteiger partial charge is 0.410 e. The second-order valence-corrected chi connectivity index (χ2v) is 29.4. The minimum absolute atomic E-state index is 0.00747. The number of ketones is 2. The molecule has 13 atom stereocenters. The molecular weight excluding hydrogens is 1350 g/mol. The van der Waals surface area contributed by atoms with Gasteiger partial charge in [-0.25, -0.2) is 28.8 Å². The first-order valence-corrected chi connectivity index (χ1v) is 34.7. The molecule has 1 heterocycles. The molecule has 0 aromatic heterocycles. The summed E-state index contributed by atoms with van der Waals surface area (Å²) in [7, 11) is 2.70. The number of nitrogens with zero attached hydrogens (tertiary/aromatic N) is 2. The number of ether oxygens (including phenoxy) is 7. The number of hydrogen-bond donors (Lipinski definition) is 9. The summed E-state index contributed by atoms with van der Waals surface area (Å²) >= 11 is 0. The van der Waals surface area contributed by atoms with E-state index in [9.17, 15) is 68.1 Å². The van der Waals surface area contributed by atoms with E-state index in [0.717, 1.165) is 16.7 Å². The first-order chi connectivity index (χ1) is 48.7. The van der Waals surface area contributed by atoms with Gasteiger partial charge in [0.25, 0.3) is 0 Å². The summed E-state index contributed by atoms with van der Waals surface area (Å²) in [5.74, 6) is -8.58. The van der Waals surface area contributed by atoms with Crippen LogP contribution in [-0.2, 0) is 73.3 Å². The van der Waals surface area contributed by atoms with Gasteiger partial charge in [0, 0.05) is 83.4 Å². The van der Waals surface area contributed by atoms with Crippen LogP contribution in [0.2, 0.25) is 0 Å². The second kappa shape index (κ2) is 33.9. The number of carbonyl (C=O) groups is 12. The van der Waals surface area contributed by atoms with Crippen LogP contribution in [0.4, 0.5) is 24.9 Å². The standard InChI is InChI=1S/C74H100N8O22/c1-40(2)49(84)31-32-53(86)79-55(41(3)4)63(90)78-48(26-21-33-76-66(75)93)62(89)77-47-29-27-44(28-30-47)38-98-68(95)81(13)34-35-82(14)69(96)101-58-54-42(5)50(100-65(92)57(87)56(45-22-17-15-18-23-45)80-67(94)104-70(7,8)9)37-74(97,71(54,10)11)61(102-64(91)46-24-19-16-20-25-46)59-72(12,60(58)88)51(85)36-52-73(59,39-99-52)103-43(6)83/h15-20,22-25,27-30,40-41,48,50-52,55-59,61,85,87,97H,21,26,31-39H2,1-14H3,(H,77,89)(H,78,90)(H,79,86)(H,80,94)(H3,75,76,93)/t48-,50-,51-,52+,55-,56-,57+,58+,59-,61-,72+,73-,74+/m0/s1. The predicted molar refractivity (Wildman–Crippen MR) is 373 cm³/mol. The fourth-order valence-electron chi connectivity index (χ4n) is 13.8. The van der Waals surface area contributed by atoms with Crippen LogP contribution in [0.5, 0.6) is 0 Å². The van der Waals surface area contributed by atoms with Crippen molar-refractivity contribution in [2.45, 2.75) is 200 Å². The van der Waals surface area contributed by atoms with Gasteiger partial charge >= 0.3 is 42.2 Å². The minimum Gasteiger partial charge on any atom is -0.456 e. The molecule has 3 aliphatic carbocycles. The molecule has 1 saturated heterocycles. The minimum atomic E-state index is -2.58. The van der Waals surface area contributed by atoms with Crippen LogP contribution in [0.25, 0.3) is 0 Å². The Balaban J connectivity index is 1.13. The highest BCUT2D eigenvalue weighted by Gasteiger charge is 2.78. The Labute approximate surface area is 604 Å². The first kappa shape index (κ1) is 81.8. The summed E-state index contributed by atoms with van der Waals surface area (Å²) in [4.78, 5) is 167. The summed E-state index contributed by atoms with van der Waals surface area (Å²) in [5, 5.41) is 51.8. The number of aliphatic hydroxyl groups excluding tert-OH is 2. The van der Waals surface area contributed by atoms with Crippen LogP contribution in [-0.4, -0.2) is 202 Å². The Hall–Kier alpha value is -9.52. The zero-order valence-electron chi connectivity index (χ0n) is 61.4. The Morgan fingerprint density at radius 3 is 1.97 bits per heavy atom. The number of rotatable bonds is 28. The molecule has 7 rings (SSSR count). The summed E-state index contributed by atoms with van der Waals surface area (Å²) in [6.45, 7) is 17.5. The molecule has 3 aromatic carbocycles. The summed E-state index contributed by atoms with van der Waals surface area (Å²) in [5.41, 5.74) is -3.58. The Kier molecular flexibility index (Phi) is 26.7. The number of carbonyl (C=O) groups excluding carboxylic acids is 12. The zero-order valence-corrected chi connectivity index (χ0v) is 61.4. The molecule has 2 saturated carbocycles. The maximum absolute atomic E-state index is 16.4. The van der Waals surface area contributed by atoms with Crippen LogP contribution >= 0.6 is 0 Å². The van der Waals surface area contributed by atoms with Gasteiger partial charge in [0.2, 0.25) is 17.7 Å². The van der Waals surface area contributed by atoms with E-state index in [-0.39, 0.29) is 98.0 Å². The van der Waals surface area contributed by atoms with Crippen LogP contribution in [0.1, 0.15) is 149 Å². The molecule has 4 aliphatic rings. The number of aliphatic hydroxyl groups is 3. The average Bonchev–Trinajstić information content (AvgIpc) is 0.669. The SMILES string of the molecule is CC(=O)O[C@@]12CO[C@@H]1C[C@H](O)[C@@]1(C)C(=O)[C@H](OC(=O)N(C)CCN(C)C(=O)OCc3ccc(NC(=O)[C@H](CCCNC(N)=O)NC(=O)[C@@H](NC(=O)CCC(=O)C(C)C)C(C)C)cc3)C3=C(C)[C@@H](OC(=O)[C@H](O)[C@@H](NC(=O)OC(C)(C)C)c4ccccc4)C[C@@](O)([C@@H](OC(=O)c4ccccc4)[C@H]21)C3(C)C. The molecule has 1 aliphatic heterocycles. The summed E-state index contributed by atoms with van der Waals surface area (Å²) < 4.78 is 42.3. The predicted octanol–water partition coefficient (Wildman–Crippen LogP) is 5.62. The fourth-order valence-corrected chi connectivity index (χ4v) is 13.8. The van der Waals surface area contributed by atoms with E-state index in [0.29, 0.717) is 5.56 Å². The molecule has 3 fully saturated rings. The van der Waals surface area contributed by atoms with Gasteiger partial charge in [-0.3, -0.25) is 28.8 Å². The van der Waals surface area contributed by atoms with Crippen molar-refractivity contribution in [2.24, 2.45) is 34.3 Å². The molecular formula is C74H100N8O22. The van der Waals surface area contributed by atoms with Crippen LogP contribution in [0.3, 0.4) is 0 Å². The molecule has 568 valence electrons. The molecule has 30 nitrogen and oxygen atoms in total. The number of benzene rings is 3. The van der Waals surface area contributed by atoms with Crippen molar-refractivity contribution in [2.75, 3.05) is 45.7 Å². The largest absolute Gasteiger partial charge is 0.456 e. The Bertz CT molecular complexity index is 3700. The monoisotopic (exact) mass is 1450 g/mol. The topological polar surface area (TPSA) is 423 Å². The lowest BCUT2D eigenvalue weighted by atomic mass is 9.44. The van der Waals surface area contributed by atoms with Crippen molar-refractivity contribution in [1.82, 2.24) is 31.1 Å². The number of nitrogens with two attached hydrogens (primary N) is 1. The lowest BCUT2D eigenvalue weighted by Crippen LogP contribution is -2.82. The number of Topliss-reactive ketones (excluding diaryl/α,β-unsaturated/α-hetero) is 2. The van der Waals surface area contributed by atoms with Crippen molar-refractivity contribution in [1.29, 1.82) is 0 Å². The molecule has 2 bridgehead atoms. The van der Waals surface area contributed by atoms with Crippen LogP contribution in [0.15, 0.2) is 96.1 Å². The lowest BCUT2D eigenvalue weighted by Gasteiger charge is -2.67. The van der Waals surface area contributed by atoms with Crippen molar-refractivity contribution < 1.29 is 106 Å². The number of likely N-dealkylation sites (N-methyl/N-ethyl adjacent to an activating group) is 2. The maximum atomic E-state index is 16.4. The number of esters is 3. The van der Waals surface area contributed by atoms with Gasteiger partial charge < -0.3 is 90.6 Å². The van der Waals surface area contributed by atoms with E-state index in [1.807, 2.05) is 0 Å². The Morgan fingerprint density at radius 1 is 0.788 bits per heavy atom. The number of anilines is 1. The van der Waals surface area contributed by atoms with Crippen molar-refractivity contribution in [3.63, 3.8) is 0 Å². The van der Waals surface area contributed by atoms with Crippen LogP contribution < -0.4 is 32.3 Å². The zero-order chi connectivity index (χ0) is 77.1. The highest BCUT2D eigenvalue weighted by Crippen LogP contribution is 2.64. The third-order valence-electron chi connectivity index (χ3n) is 19.9. The fraction of sp³-hybridized carbons (Fsp3) is 0.568. The quantitative estimate of drug-likeness (QED) is 0.0184. The van der Waals surface area contributed by atoms with E-state index >= 15 is 4.79 Å². The van der Waals surface area contributed by atoms with E-state index < -0.39 is 173 Å². The number of fused-ring (bicyclic) bond motifs is 5. The molecule has 8 amide bonds. The van der Waals surface area contributed by atoms with Crippen LogP contribution in [0, 0.1) is 28.6 Å². The van der Waals surface area contributed by atoms with Gasteiger partial charge in [-0.15, -0.1) is 0 Å². The lowest BCUT2D eigenvalue weighted by molar-refractivity contribution is -0.345. The van der Waals surface area contributed by atoms with Crippen molar-refractivity contribution >= 4 is 77.2 Å². The van der Waals surface area contributed by atoms with Crippen molar-refractivity contribution in [3.05, 3.63) is 113 Å². The number of hydrogen-bond acceptors (Lipinski definition) is 22. The van der Waals surface area contributed by atoms with E-state index in [1.54, 1.807) is 97.0 Å². The third-order valence-corrected chi connectivity index (χ3v) is 19.9. The molecule has 0 unspecified atom stereocenters. The average molecular weight is 1450 g/mol.